The van der Waals surface area contributed by atoms with Crippen molar-refractivity contribution in [1.82, 2.24) is 0 Å². The van der Waals surface area contributed by atoms with Crippen LogP contribution in [0.1, 0.15) is 65.2 Å². The third-order valence-electron chi connectivity index (χ3n) is 8.81. The van der Waals surface area contributed by atoms with Crippen molar-refractivity contribution in [1.29, 1.82) is 0 Å². The maximum atomic E-state index is 10.5. The fourth-order valence-corrected chi connectivity index (χ4v) is 8.73. The first-order valence-corrected chi connectivity index (χ1v) is 10.5. The van der Waals surface area contributed by atoms with E-state index < -0.39 is 0 Å². The largest absolute Gasteiger partial charge is 0.393 e. The van der Waals surface area contributed by atoms with E-state index in [4.69, 9.17) is 25.3 Å². The number of fused-ring (bicyclic) bond motifs is 5. The molecule has 9 atom stereocenters. The van der Waals surface area contributed by atoms with Gasteiger partial charge in [-0.1, -0.05) is 13.8 Å². The summed E-state index contributed by atoms with van der Waals surface area (Å²) < 4.78 is -0.0801. The van der Waals surface area contributed by atoms with Crippen LogP contribution in [0.3, 0.4) is 0 Å². The SMILES string of the molecule is C[C@]12CC[C@H]3[C@@H](CC[C@]4(S)C[C@@H](O)C[C@@H](S)[C@]34C)[C@@H]1CC[C@@H]2O. The molecular weight excluding hydrogens is 324 g/mol. The Morgan fingerprint density at radius 3 is 2.43 bits per heavy atom. The lowest BCUT2D eigenvalue weighted by Gasteiger charge is -2.66. The molecule has 0 aliphatic heterocycles. The fourth-order valence-electron chi connectivity index (χ4n) is 7.28. The Balaban J connectivity index is 1.70. The second kappa shape index (κ2) is 5.31. The van der Waals surface area contributed by atoms with Gasteiger partial charge in [-0.3, -0.25) is 0 Å². The summed E-state index contributed by atoms with van der Waals surface area (Å²) in [6, 6.07) is 0. The molecule has 0 spiro atoms. The van der Waals surface area contributed by atoms with Gasteiger partial charge in [-0.2, -0.15) is 25.3 Å². The zero-order chi connectivity index (χ0) is 16.6. The van der Waals surface area contributed by atoms with Gasteiger partial charge in [0.15, 0.2) is 0 Å². The van der Waals surface area contributed by atoms with Crippen molar-refractivity contribution in [2.45, 2.75) is 87.4 Å². The molecule has 132 valence electrons. The summed E-state index contributed by atoms with van der Waals surface area (Å²) in [7, 11) is 0. The highest BCUT2D eigenvalue weighted by molar-refractivity contribution is 7.82. The lowest BCUT2D eigenvalue weighted by Crippen LogP contribution is -2.64. The van der Waals surface area contributed by atoms with Crippen molar-refractivity contribution in [2.24, 2.45) is 28.6 Å². The fraction of sp³-hybridized carbons (Fsp3) is 1.00. The van der Waals surface area contributed by atoms with E-state index in [-0.39, 0.29) is 33.0 Å². The Morgan fingerprint density at radius 1 is 0.957 bits per heavy atom. The van der Waals surface area contributed by atoms with Crippen molar-refractivity contribution in [3.8, 4) is 0 Å². The standard InChI is InChI=1S/C19H32O2S2/c1-17-7-6-14-12(13(17)3-4-15(17)21)5-8-19(23)10-11(20)9-16(22)18(14,19)2/h11-16,20-23H,3-10H2,1-2H3/t11-,12-,13-,14-,15-,16+,17-,18-,19-/m0/s1. The predicted octanol–water partition coefficient (Wildman–Crippen LogP) is 3.71. The predicted molar refractivity (Wildman–Crippen MR) is 100 cm³/mol. The van der Waals surface area contributed by atoms with Crippen LogP contribution in [0.4, 0.5) is 0 Å². The molecule has 4 aliphatic rings. The van der Waals surface area contributed by atoms with Gasteiger partial charge in [0.05, 0.1) is 12.2 Å². The van der Waals surface area contributed by atoms with Gasteiger partial charge < -0.3 is 10.2 Å². The van der Waals surface area contributed by atoms with Crippen molar-refractivity contribution in [2.75, 3.05) is 0 Å². The summed E-state index contributed by atoms with van der Waals surface area (Å²) in [5, 5.41) is 21.1. The number of aliphatic hydroxyl groups is 2. The molecule has 4 heteroatoms. The van der Waals surface area contributed by atoms with E-state index in [0.717, 1.165) is 32.1 Å². The Hall–Kier alpha value is 0.620. The highest BCUT2D eigenvalue weighted by Gasteiger charge is 2.65. The number of hydrogen-bond acceptors (Lipinski definition) is 4. The monoisotopic (exact) mass is 356 g/mol. The first-order chi connectivity index (χ1) is 10.7. The topological polar surface area (TPSA) is 40.5 Å². The summed E-state index contributed by atoms with van der Waals surface area (Å²) in [5.74, 6) is 2.02. The van der Waals surface area contributed by atoms with Gasteiger partial charge in [0.2, 0.25) is 0 Å². The molecule has 2 nitrogen and oxygen atoms in total. The molecule has 0 aromatic carbocycles. The summed E-state index contributed by atoms with van der Waals surface area (Å²) in [4.78, 5) is 0. The molecule has 0 amide bonds. The zero-order valence-corrected chi connectivity index (χ0v) is 16.2. The van der Waals surface area contributed by atoms with Crippen LogP contribution in [0, 0.1) is 28.6 Å². The highest BCUT2D eigenvalue weighted by atomic mass is 32.1. The lowest BCUT2D eigenvalue weighted by molar-refractivity contribution is -0.118. The third kappa shape index (κ3) is 2.10. The molecule has 2 N–H and O–H groups in total. The first kappa shape index (κ1) is 17.1. The van der Waals surface area contributed by atoms with E-state index in [1.807, 2.05) is 0 Å². The number of rotatable bonds is 0. The van der Waals surface area contributed by atoms with Gasteiger partial charge in [0.1, 0.15) is 0 Å². The van der Waals surface area contributed by atoms with Crippen LogP contribution >= 0.6 is 25.3 Å². The summed E-state index contributed by atoms with van der Waals surface area (Å²) >= 11 is 10.2. The van der Waals surface area contributed by atoms with Crippen LogP contribution in [0.2, 0.25) is 0 Å². The molecular formula is C19H32O2S2. The molecule has 0 heterocycles. The van der Waals surface area contributed by atoms with Crippen molar-refractivity contribution in [3.63, 3.8) is 0 Å². The normalized spacial score (nSPS) is 62.3. The van der Waals surface area contributed by atoms with E-state index in [1.165, 1.54) is 19.3 Å². The summed E-state index contributed by atoms with van der Waals surface area (Å²) in [6.07, 6.45) is 8.07. The van der Waals surface area contributed by atoms with E-state index >= 15 is 0 Å². The molecule has 4 saturated carbocycles. The average Bonchev–Trinajstić information content (AvgIpc) is 2.77. The molecule has 0 unspecified atom stereocenters. The second-order valence-electron chi connectivity index (χ2n) is 9.48. The molecule has 0 bridgehead atoms. The van der Waals surface area contributed by atoms with Crippen LogP contribution in [0.5, 0.6) is 0 Å². The van der Waals surface area contributed by atoms with Gasteiger partial charge in [-0.25, -0.2) is 0 Å². The van der Waals surface area contributed by atoms with E-state index in [2.05, 4.69) is 13.8 Å². The first-order valence-electron chi connectivity index (χ1n) is 9.49. The van der Waals surface area contributed by atoms with Crippen LogP contribution in [0.25, 0.3) is 0 Å². The van der Waals surface area contributed by atoms with Gasteiger partial charge in [0, 0.05) is 10.00 Å². The van der Waals surface area contributed by atoms with Crippen molar-refractivity contribution < 1.29 is 10.2 Å². The maximum absolute atomic E-state index is 10.5. The van der Waals surface area contributed by atoms with Crippen LogP contribution in [-0.2, 0) is 0 Å². The van der Waals surface area contributed by atoms with E-state index in [0.29, 0.717) is 17.8 Å². The van der Waals surface area contributed by atoms with Gasteiger partial charge >= 0.3 is 0 Å². The van der Waals surface area contributed by atoms with Crippen molar-refractivity contribution in [3.05, 3.63) is 0 Å². The summed E-state index contributed by atoms with van der Waals surface area (Å²) in [5.41, 5.74) is 0.227. The quantitative estimate of drug-likeness (QED) is 0.500. The van der Waals surface area contributed by atoms with Crippen molar-refractivity contribution >= 4 is 25.3 Å². The van der Waals surface area contributed by atoms with E-state index in [1.54, 1.807) is 0 Å². The van der Waals surface area contributed by atoms with Gasteiger partial charge in [-0.05, 0) is 80.0 Å². The van der Waals surface area contributed by atoms with Crippen LogP contribution in [-0.4, -0.2) is 32.4 Å². The van der Waals surface area contributed by atoms with E-state index in [9.17, 15) is 10.2 Å². The smallest absolute Gasteiger partial charge is 0.0596 e. The maximum Gasteiger partial charge on any atom is 0.0596 e. The minimum absolute atomic E-state index is 0.0801. The number of aliphatic hydroxyl groups excluding tert-OH is 2. The molecule has 4 rings (SSSR count). The molecule has 0 aromatic rings. The van der Waals surface area contributed by atoms with Gasteiger partial charge in [0.25, 0.3) is 0 Å². The number of thiol groups is 2. The zero-order valence-electron chi connectivity index (χ0n) is 14.4. The average molecular weight is 357 g/mol. The molecule has 23 heavy (non-hydrogen) atoms. The molecule has 0 aromatic heterocycles. The second-order valence-corrected chi connectivity index (χ2v) is 11.0. The molecule has 4 fully saturated rings. The number of hydrogen-bond donors (Lipinski definition) is 4. The molecule has 0 saturated heterocycles. The Kier molecular flexibility index (Phi) is 3.94. The minimum atomic E-state index is -0.248. The Bertz CT molecular complexity index is 500. The molecule has 0 radical (unpaired) electrons. The third-order valence-corrected chi connectivity index (χ3v) is 10.4. The van der Waals surface area contributed by atoms with Crippen LogP contribution in [0.15, 0.2) is 0 Å². The highest BCUT2D eigenvalue weighted by Crippen LogP contribution is 2.69. The van der Waals surface area contributed by atoms with Crippen LogP contribution < -0.4 is 0 Å². The van der Waals surface area contributed by atoms with Gasteiger partial charge in [-0.15, -0.1) is 0 Å². The minimum Gasteiger partial charge on any atom is -0.393 e. The molecule has 4 aliphatic carbocycles. The Morgan fingerprint density at radius 2 is 1.70 bits per heavy atom. The Labute approximate surface area is 151 Å². The lowest BCUT2D eigenvalue weighted by atomic mass is 9.44. The summed E-state index contributed by atoms with van der Waals surface area (Å²) in [6.45, 7) is 4.74.